The van der Waals surface area contributed by atoms with Gasteiger partial charge in [0.2, 0.25) is 0 Å². The number of allylic oxidation sites excluding steroid dienone is 1. The second-order valence-electron chi connectivity index (χ2n) is 6.03. The first-order valence-corrected chi connectivity index (χ1v) is 12.4. The molecule has 0 unspecified atom stereocenters. The highest BCUT2D eigenvalue weighted by Crippen LogP contribution is 2.64. The standard InChI is InChI=1S/C12H7Cl3F16Si/c13-32(14,15)12(30,31)11(28,29)10(26,27)9(24,25)8(22,23)7(20,21)6(18,19)4-2-1-3-5(16)17/h3H,1-2,4H2. The van der Waals surface area contributed by atoms with Crippen LogP contribution in [0.1, 0.15) is 19.3 Å². The molecule has 0 heterocycles. The molecule has 0 aromatic rings. The van der Waals surface area contributed by atoms with Gasteiger partial charge in [0.15, 0.2) is 0 Å². The lowest BCUT2D eigenvalue weighted by atomic mass is 9.89. The first kappa shape index (κ1) is 31.7. The summed E-state index contributed by atoms with van der Waals surface area (Å²) in [6, 6.07) is -6.51. The fourth-order valence-electron chi connectivity index (χ4n) is 1.89. The average molecular weight is 590 g/mol. The molecular formula is C12H7Cl3F16Si. The number of unbranched alkanes of at least 4 members (excludes halogenated alkanes) is 1. The van der Waals surface area contributed by atoms with Crippen molar-refractivity contribution >= 4 is 39.2 Å². The normalized spacial score (nSPS) is 15.7. The lowest BCUT2D eigenvalue weighted by molar-refractivity contribution is -0.436. The summed E-state index contributed by atoms with van der Waals surface area (Å²) in [5.74, 6) is -46.3. The molecule has 20 heteroatoms. The molecule has 0 aromatic carbocycles. The largest absolute Gasteiger partial charge is 0.424 e. The summed E-state index contributed by atoms with van der Waals surface area (Å²) < 4.78 is 212. The highest BCUT2D eigenvalue weighted by Gasteiger charge is 2.94. The Labute approximate surface area is 182 Å². The number of halogens is 19. The summed E-state index contributed by atoms with van der Waals surface area (Å²) in [6.07, 6.45) is -8.06. The van der Waals surface area contributed by atoms with Gasteiger partial charge in [-0.05, 0) is 18.9 Å². The van der Waals surface area contributed by atoms with Gasteiger partial charge in [0, 0.05) is 6.42 Å². The van der Waals surface area contributed by atoms with Crippen molar-refractivity contribution in [3.63, 3.8) is 0 Å². The molecule has 0 radical (unpaired) electrons. The second kappa shape index (κ2) is 9.05. The zero-order valence-electron chi connectivity index (χ0n) is 14.4. The molecule has 32 heavy (non-hydrogen) atoms. The molecule has 0 aliphatic carbocycles. The fraction of sp³-hybridized carbons (Fsp3) is 0.833. The number of hydrogen-bond acceptors (Lipinski definition) is 0. The summed E-state index contributed by atoms with van der Waals surface area (Å²) >= 11 is 13.1. The molecule has 0 aromatic heterocycles. The van der Waals surface area contributed by atoms with Crippen LogP contribution in [-0.4, -0.2) is 47.1 Å². The van der Waals surface area contributed by atoms with Crippen LogP contribution in [0.3, 0.4) is 0 Å². The summed E-state index contributed by atoms with van der Waals surface area (Å²) in [4.78, 5) is 0. The molecule has 0 bridgehead atoms. The molecule has 0 saturated heterocycles. The molecule has 0 aliphatic heterocycles. The molecule has 0 atom stereocenters. The summed E-state index contributed by atoms with van der Waals surface area (Å²) in [5, 5.41) is 0. The Bertz CT molecular complexity index is 695. The van der Waals surface area contributed by atoms with Crippen LogP contribution in [0.5, 0.6) is 0 Å². The van der Waals surface area contributed by atoms with E-state index in [4.69, 9.17) is 0 Å². The van der Waals surface area contributed by atoms with E-state index in [1.807, 2.05) is 0 Å². The highest BCUT2D eigenvalue weighted by molar-refractivity contribution is 7.65. The van der Waals surface area contributed by atoms with Crippen LogP contribution in [0.4, 0.5) is 70.2 Å². The minimum Gasteiger partial charge on any atom is -0.200 e. The van der Waals surface area contributed by atoms with Crippen molar-refractivity contribution in [1.82, 2.24) is 0 Å². The van der Waals surface area contributed by atoms with Gasteiger partial charge in [-0.25, -0.2) is 0 Å². The second-order valence-corrected chi connectivity index (χ2v) is 14.5. The molecule has 0 saturated carbocycles. The quantitative estimate of drug-likeness (QED) is 0.0981. The summed E-state index contributed by atoms with van der Waals surface area (Å²) in [5.41, 5.74) is -6.78. The van der Waals surface area contributed by atoms with E-state index in [1.165, 1.54) is 0 Å². The van der Waals surface area contributed by atoms with Gasteiger partial charge in [-0.2, -0.15) is 70.2 Å². The Morgan fingerprint density at radius 2 is 0.938 bits per heavy atom. The first-order chi connectivity index (χ1) is 13.7. The number of rotatable bonds is 11. The van der Waals surface area contributed by atoms with E-state index < -0.39 is 72.4 Å². The third kappa shape index (κ3) is 4.90. The van der Waals surface area contributed by atoms with Crippen molar-refractivity contribution < 1.29 is 70.2 Å². The maximum absolute atomic E-state index is 13.6. The SMILES string of the molecule is FC(F)=CCCCC(F)(F)C(F)(F)C(F)(F)C(F)(F)C(F)(F)C(F)(F)C(F)(F)[Si](Cl)(Cl)Cl. The van der Waals surface area contributed by atoms with E-state index >= 15 is 0 Å². The van der Waals surface area contributed by atoms with Crippen molar-refractivity contribution in [3.8, 4) is 0 Å². The van der Waals surface area contributed by atoms with Crippen LogP contribution in [0, 0.1) is 0 Å². The van der Waals surface area contributed by atoms with Gasteiger partial charge in [-0.3, -0.25) is 0 Å². The zero-order chi connectivity index (χ0) is 26.4. The van der Waals surface area contributed by atoms with E-state index in [0.717, 1.165) is 0 Å². The zero-order valence-corrected chi connectivity index (χ0v) is 17.6. The van der Waals surface area contributed by atoms with Crippen molar-refractivity contribution in [2.45, 2.75) is 60.3 Å². The number of alkyl halides is 14. The summed E-state index contributed by atoms with van der Waals surface area (Å²) in [6.45, 7) is 0. The third-order valence-electron chi connectivity index (χ3n) is 3.78. The van der Waals surface area contributed by atoms with Crippen LogP contribution in [0.2, 0.25) is 0 Å². The van der Waals surface area contributed by atoms with Crippen molar-refractivity contribution in [3.05, 3.63) is 12.2 Å². The van der Waals surface area contributed by atoms with E-state index in [2.05, 4.69) is 33.2 Å². The maximum atomic E-state index is 13.6. The smallest absolute Gasteiger partial charge is 0.200 e. The van der Waals surface area contributed by atoms with Crippen molar-refractivity contribution in [1.29, 1.82) is 0 Å². The Morgan fingerprint density at radius 3 is 1.28 bits per heavy atom. The van der Waals surface area contributed by atoms with Gasteiger partial charge >= 0.3 is 47.1 Å². The van der Waals surface area contributed by atoms with Gasteiger partial charge in [0.1, 0.15) is 0 Å². The minimum absolute atomic E-state index is 0.182. The van der Waals surface area contributed by atoms with E-state index in [9.17, 15) is 70.2 Å². The lowest BCUT2D eigenvalue weighted by Gasteiger charge is -2.43. The van der Waals surface area contributed by atoms with Crippen LogP contribution >= 0.6 is 33.2 Å². The monoisotopic (exact) mass is 588 g/mol. The van der Waals surface area contributed by atoms with E-state index in [-0.39, 0.29) is 6.08 Å². The van der Waals surface area contributed by atoms with Crippen LogP contribution in [0.15, 0.2) is 12.2 Å². The van der Waals surface area contributed by atoms with Gasteiger partial charge in [-0.1, -0.05) is 0 Å². The molecule has 0 amide bonds. The summed E-state index contributed by atoms with van der Waals surface area (Å²) in [7, 11) is 0. The Kier molecular flexibility index (Phi) is 8.97. The van der Waals surface area contributed by atoms with Crippen LogP contribution in [0.25, 0.3) is 0 Å². The van der Waals surface area contributed by atoms with Crippen LogP contribution in [-0.2, 0) is 0 Å². The Balaban J connectivity index is 6.38. The molecule has 0 nitrogen and oxygen atoms in total. The van der Waals surface area contributed by atoms with Gasteiger partial charge in [0.25, 0.3) is 6.08 Å². The predicted molar refractivity (Wildman–Crippen MR) is 82.1 cm³/mol. The first-order valence-electron chi connectivity index (χ1n) is 7.39. The van der Waals surface area contributed by atoms with E-state index in [0.29, 0.717) is 0 Å². The molecule has 0 N–H and O–H groups in total. The minimum atomic E-state index is -8.28. The van der Waals surface area contributed by atoms with Gasteiger partial charge in [0.05, 0.1) is 0 Å². The molecule has 0 fully saturated rings. The molecule has 0 aliphatic rings. The van der Waals surface area contributed by atoms with Gasteiger partial charge < -0.3 is 0 Å². The van der Waals surface area contributed by atoms with E-state index in [1.54, 1.807) is 0 Å². The third-order valence-corrected chi connectivity index (χ3v) is 6.94. The Hall–Kier alpha value is -0.293. The fourth-order valence-corrected chi connectivity index (χ4v) is 3.47. The highest BCUT2D eigenvalue weighted by atomic mass is 35.8. The number of hydrogen-bond donors (Lipinski definition) is 0. The average Bonchev–Trinajstić information content (AvgIpc) is 2.56. The van der Waals surface area contributed by atoms with Gasteiger partial charge in [-0.15, -0.1) is 33.2 Å². The molecule has 192 valence electrons. The Morgan fingerprint density at radius 1 is 0.594 bits per heavy atom. The topological polar surface area (TPSA) is 0 Å². The maximum Gasteiger partial charge on any atom is 0.424 e. The molecule has 0 rings (SSSR count). The molecule has 0 spiro atoms. The predicted octanol–water partition coefficient (Wildman–Crippen LogP) is 8.58. The molecular weight excluding hydrogens is 583 g/mol. The van der Waals surface area contributed by atoms with Crippen molar-refractivity contribution in [2.75, 3.05) is 0 Å². The van der Waals surface area contributed by atoms with Crippen LogP contribution < -0.4 is 0 Å². The lowest BCUT2D eigenvalue weighted by Crippen LogP contribution is -2.74. The van der Waals surface area contributed by atoms with Crippen molar-refractivity contribution in [2.24, 2.45) is 0 Å².